The number of hydrogen-bond acceptors (Lipinski definition) is 5. The van der Waals surface area contributed by atoms with E-state index in [1.54, 1.807) is 41.8 Å². The fourth-order valence-electron chi connectivity index (χ4n) is 4.73. The Hall–Kier alpha value is -4.07. The van der Waals surface area contributed by atoms with E-state index in [-0.39, 0.29) is 4.90 Å². The van der Waals surface area contributed by atoms with Crippen molar-refractivity contribution in [3.63, 3.8) is 0 Å². The highest BCUT2D eigenvalue weighted by Gasteiger charge is 2.28. The molecule has 5 nitrogen and oxygen atoms in total. The molecule has 0 unspecified atom stereocenters. The van der Waals surface area contributed by atoms with E-state index >= 15 is 0 Å². The zero-order valence-electron chi connectivity index (χ0n) is 18.3. The molecule has 168 valence electrons. The summed E-state index contributed by atoms with van der Waals surface area (Å²) in [6.45, 7) is 0. The molecule has 0 spiro atoms. The van der Waals surface area contributed by atoms with Gasteiger partial charge in [0, 0.05) is 27.1 Å². The van der Waals surface area contributed by atoms with E-state index in [0.29, 0.717) is 11.2 Å². The van der Waals surface area contributed by atoms with E-state index < -0.39 is 10.0 Å². The average molecular weight is 492 g/mol. The number of nitrogens with zero attached hydrogens (tertiary/aromatic N) is 3. The minimum Gasteiger partial charge on any atom is -0.246 e. The van der Waals surface area contributed by atoms with Crippen LogP contribution in [-0.2, 0) is 10.0 Å². The van der Waals surface area contributed by atoms with Crippen LogP contribution in [0.15, 0.2) is 108 Å². The predicted molar refractivity (Wildman–Crippen MR) is 142 cm³/mol. The van der Waals surface area contributed by atoms with Crippen molar-refractivity contribution in [2.24, 2.45) is 0 Å². The van der Waals surface area contributed by atoms with Crippen molar-refractivity contribution in [3.05, 3.63) is 103 Å². The van der Waals surface area contributed by atoms with E-state index in [0.717, 1.165) is 42.3 Å². The maximum atomic E-state index is 14.1. The van der Waals surface area contributed by atoms with Crippen LogP contribution in [0.3, 0.4) is 0 Å². The third kappa shape index (κ3) is 2.95. The first kappa shape index (κ1) is 20.3. The molecule has 35 heavy (non-hydrogen) atoms. The number of rotatable bonds is 3. The van der Waals surface area contributed by atoms with Gasteiger partial charge in [-0.05, 0) is 47.9 Å². The largest absolute Gasteiger partial charge is 0.269 e. The van der Waals surface area contributed by atoms with Crippen LogP contribution in [0.2, 0.25) is 0 Å². The monoisotopic (exact) mass is 491 g/mol. The van der Waals surface area contributed by atoms with Crippen molar-refractivity contribution >= 4 is 64.3 Å². The van der Waals surface area contributed by atoms with Gasteiger partial charge in [0.25, 0.3) is 10.0 Å². The molecule has 0 N–H and O–H groups in total. The zero-order chi connectivity index (χ0) is 23.6. The minimum atomic E-state index is -3.93. The van der Waals surface area contributed by atoms with Crippen LogP contribution >= 0.6 is 11.3 Å². The average Bonchev–Trinajstić information content (AvgIpc) is 3.49. The minimum absolute atomic E-state index is 0.216. The number of fused-ring (bicyclic) bond motifs is 6. The van der Waals surface area contributed by atoms with Gasteiger partial charge in [0.05, 0.1) is 26.5 Å². The Labute approximate surface area is 205 Å². The van der Waals surface area contributed by atoms with Crippen molar-refractivity contribution in [2.45, 2.75) is 4.90 Å². The molecule has 4 aromatic heterocycles. The fraction of sp³-hybridized carbons (Fsp3) is 0. The molecule has 7 aromatic rings. The number of aromatic nitrogens is 3. The van der Waals surface area contributed by atoms with Crippen LogP contribution in [0.4, 0.5) is 0 Å². The summed E-state index contributed by atoms with van der Waals surface area (Å²) in [6.07, 6.45) is 1.63. The second kappa shape index (κ2) is 7.46. The van der Waals surface area contributed by atoms with Crippen molar-refractivity contribution in [2.75, 3.05) is 0 Å². The van der Waals surface area contributed by atoms with Gasteiger partial charge in [-0.2, -0.15) is 0 Å². The van der Waals surface area contributed by atoms with Crippen molar-refractivity contribution in [1.82, 2.24) is 13.9 Å². The Morgan fingerprint density at radius 3 is 2.37 bits per heavy atom. The summed E-state index contributed by atoms with van der Waals surface area (Å²) in [5.74, 6) is 0. The molecule has 0 aliphatic rings. The van der Waals surface area contributed by atoms with Crippen molar-refractivity contribution in [3.8, 4) is 10.6 Å². The van der Waals surface area contributed by atoms with E-state index in [2.05, 4.69) is 23.2 Å². The number of hydrogen-bond donors (Lipinski definition) is 0. The summed E-state index contributed by atoms with van der Waals surface area (Å²) in [7, 11) is -3.93. The lowest BCUT2D eigenvalue weighted by molar-refractivity contribution is 0.590. The topological polar surface area (TPSA) is 64.8 Å². The molecule has 0 aliphatic heterocycles. The standard InChI is InChI=1S/C28H17N3O2S2/c32-35(33,19-10-2-1-3-11-19)31-27-20-12-5-6-14-22(20)30-26(25(27)21-13-8-16-29-28(21)31)24-17-18-9-4-7-15-23(18)34-24/h1-17H. The summed E-state index contributed by atoms with van der Waals surface area (Å²) in [5.41, 5.74) is 2.49. The predicted octanol–water partition coefficient (Wildman–Crippen LogP) is 6.86. The summed E-state index contributed by atoms with van der Waals surface area (Å²) in [4.78, 5) is 10.8. The molecule has 3 aromatic carbocycles. The fourth-order valence-corrected chi connectivity index (χ4v) is 7.30. The lowest BCUT2D eigenvalue weighted by Gasteiger charge is -2.11. The van der Waals surface area contributed by atoms with Crippen LogP contribution in [0.5, 0.6) is 0 Å². The molecule has 4 heterocycles. The molecule has 0 amide bonds. The van der Waals surface area contributed by atoms with Crippen LogP contribution < -0.4 is 0 Å². The molecular weight excluding hydrogens is 474 g/mol. The van der Waals surface area contributed by atoms with E-state index in [1.165, 1.54) is 3.97 Å². The van der Waals surface area contributed by atoms with Gasteiger partial charge < -0.3 is 0 Å². The molecule has 7 heteroatoms. The Morgan fingerprint density at radius 2 is 1.51 bits per heavy atom. The number of para-hydroxylation sites is 1. The van der Waals surface area contributed by atoms with E-state index in [1.807, 2.05) is 54.6 Å². The first-order valence-electron chi connectivity index (χ1n) is 11.1. The third-order valence-electron chi connectivity index (χ3n) is 6.26. The quantitative estimate of drug-likeness (QED) is 0.271. The van der Waals surface area contributed by atoms with Crippen LogP contribution in [-0.4, -0.2) is 22.4 Å². The van der Waals surface area contributed by atoms with Gasteiger partial charge in [-0.1, -0.05) is 54.6 Å². The van der Waals surface area contributed by atoms with Gasteiger partial charge in [0.15, 0.2) is 5.65 Å². The highest BCUT2D eigenvalue weighted by molar-refractivity contribution is 7.90. The first-order valence-corrected chi connectivity index (χ1v) is 13.4. The first-order chi connectivity index (χ1) is 17.1. The molecule has 7 rings (SSSR count). The maximum Gasteiger partial charge on any atom is 0.269 e. The Bertz CT molecular complexity index is 1990. The summed E-state index contributed by atoms with van der Waals surface area (Å²) in [5, 5.41) is 3.45. The highest BCUT2D eigenvalue weighted by atomic mass is 32.2. The molecule has 0 atom stereocenters. The molecular formula is C28H17N3O2S2. The second-order valence-corrected chi connectivity index (χ2v) is 11.2. The third-order valence-corrected chi connectivity index (χ3v) is 9.08. The van der Waals surface area contributed by atoms with Crippen molar-refractivity contribution < 1.29 is 8.42 Å². The Kier molecular flexibility index (Phi) is 4.33. The number of thiophene rings is 1. The lowest BCUT2D eigenvalue weighted by Crippen LogP contribution is -2.13. The second-order valence-electron chi connectivity index (χ2n) is 8.31. The number of pyridine rings is 2. The van der Waals surface area contributed by atoms with Crippen LogP contribution in [0, 0.1) is 0 Å². The van der Waals surface area contributed by atoms with Crippen molar-refractivity contribution in [1.29, 1.82) is 0 Å². The summed E-state index contributed by atoms with van der Waals surface area (Å²) in [6, 6.07) is 30.3. The molecule has 0 bridgehead atoms. The summed E-state index contributed by atoms with van der Waals surface area (Å²) < 4.78 is 30.7. The van der Waals surface area contributed by atoms with Gasteiger partial charge in [-0.15, -0.1) is 11.3 Å². The molecule has 0 aliphatic carbocycles. The molecule has 0 saturated heterocycles. The zero-order valence-corrected chi connectivity index (χ0v) is 19.9. The van der Waals surface area contributed by atoms with Crippen LogP contribution in [0.25, 0.3) is 53.5 Å². The van der Waals surface area contributed by atoms with Gasteiger partial charge in [-0.25, -0.2) is 22.4 Å². The maximum absolute atomic E-state index is 14.1. The molecule has 0 fully saturated rings. The van der Waals surface area contributed by atoms with Gasteiger partial charge in [-0.3, -0.25) is 0 Å². The van der Waals surface area contributed by atoms with Gasteiger partial charge >= 0.3 is 0 Å². The lowest BCUT2D eigenvalue weighted by atomic mass is 10.1. The Balaban J connectivity index is 1.71. The van der Waals surface area contributed by atoms with Gasteiger partial charge in [0.2, 0.25) is 0 Å². The Morgan fingerprint density at radius 1 is 0.771 bits per heavy atom. The normalized spacial score (nSPS) is 12.2. The molecule has 0 radical (unpaired) electrons. The van der Waals surface area contributed by atoms with E-state index in [9.17, 15) is 8.42 Å². The highest BCUT2D eigenvalue weighted by Crippen LogP contribution is 2.43. The van der Waals surface area contributed by atoms with E-state index in [4.69, 9.17) is 4.98 Å². The smallest absolute Gasteiger partial charge is 0.246 e. The van der Waals surface area contributed by atoms with Gasteiger partial charge in [0.1, 0.15) is 0 Å². The van der Waals surface area contributed by atoms with Crippen LogP contribution in [0.1, 0.15) is 0 Å². The SMILES string of the molecule is O=S(=O)(c1ccccc1)n1c2ncccc2c2c(-c3cc4ccccc4s3)nc3ccccc3c21. The number of benzene rings is 3. The summed E-state index contributed by atoms with van der Waals surface area (Å²) >= 11 is 1.65. The molecule has 0 saturated carbocycles.